The van der Waals surface area contributed by atoms with Gasteiger partial charge in [0.25, 0.3) is 0 Å². The van der Waals surface area contributed by atoms with E-state index in [-0.39, 0.29) is 30.8 Å². The molecule has 1 atom stereocenters. The summed E-state index contributed by atoms with van der Waals surface area (Å²) in [6, 6.07) is 14.4. The number of carbonyl (C=O) groups excluding carboxylic acids is 2. The molecule has 8 nitrogen and oxygen atoms in total. The Hall–Kier alpha value is -3.07. The lowest BCUT2D eigenvalue weighted by molar-refractivity contribution is -0.141. The number of ether oxygens (including phenoxy) is 1. The zero-order valence-corrected chi connectivity index (χ0v) is 23.8. The van der Waals surface area contributed by atoms with Gasteiger partial charge in [0.2, 0.25) is 21.8 Å². The molecule has 3 rings (SSSR count). The minimum Gasteiger partial charge on any atom is -0.492 e. The second-order valence-corrected chi connectivity index (χ2v) is 11.9. The number of amides is 2. The first-order chi connectivity index (χ1) is 18.1. The molecule has 9 heteroatoms. The maximum atomic E-state index is 13.5. The molecule has 0 aliphatic heterocycles. The molecule has 0 bridgehead atoms. The van der Waals surface area contributed by atoms with Gasteiger partial charge in [-0.15, -0.1) is 0 Å². The molecule has 1 aliphatic carbocycles. The summed E-state index contributed by atoms with van der Waals surface area (Å²) in [5.74, 6) is 0.136. The van der Waals surface area contributed by atoms with Crippen LogP contribution in [0.5, 0.6) is 5.75 Å². The van der Waals surface area contributed by atoms with Crippen LogP contribution in [0.25, 0.3) is 0 Å². The van der Waals surface area contributed by atoms with E-state index in [1.807, 2.05) is 38.1 Å². The maximum Gasteiger partial charge on any atom is 0.242 e. The van der Waals surface area contributed by atoms with E-state index in [4.69, 9.17) is 4.74 Å². The van der Waals surface area contributed by atoms with Gasteiger partial charge in [0.1, 0.15) is 11.8 Å². The fourth-order valence-corrected chi connectivity index (χ4v) is 5.76. The third-order valence-corrected chi connectivity index (χ3v) is 8.11. The standard InChI is InChI=1S/C29H41N3O5S/c1-5-37-27-14-9-8-13-26(27)32(38(4,35)36)20-10-15-28(33)31(21-24-18-16-22(2)17-19-24)23(3)29(34)30-25-11-6-7-12-25/h8-9,13-14,16-19,23,25H,5-7,10-12,15,20-21H2,1-4H3,(H,30,34). The van der Waals surface area contributed by atoms with Gasteiger partial charge in [-0.3, -0.25) is 13.9 Å². The van der Waals surface area contributed by atoms with Crippen LogP contribution in [0.1, 0.15) is 63.5 Å². The molecule has 1 unspecified atom stereocenters. The Morgan fingerprint density at radius 1 is 1.08 bits per heavy atom. The summed E-state index contributed by atoms with van der Waals surface area (Å²) in [4.78, 5) is 28.2. The lowest BCUT2D eigenvalue weighted by Crippen LogP contribution is -2.49. The number of carbonyl (C=O) groups is 2. The smallest absolute Gasteiger partial charge is 0.242 e. The minimum absolute atomic E-state index is 0.107. The van der Waals surface area contributed by atoms with Crippen molar-refractivity contribution in [3.63, 3.8) is 0 Å². The van der Waals surface area contributed by atoms with Crippen molar-refractivity contribution in [3.8, 4) is 5.75 Å². The predicted molar refractivity (Wildman–Crippen MR) is 151 cm³/mol. The summed E-state index contributed by atoms with van der Waals surface area (Å²) in [7, 11) is -3.61. The fraction of sp³-hybridized carbons (Fsp3) is 0.517. The fourth-order valence-electron chi connectivity index (χ4n) is 4.79. The number of anilines is 1. The summed E-state index contributed by atoms with van der Waals surface area (Å²) < 4.78 is 32.2. The van der Waals surface area contributed by atoms with Crippen LogP contribution >= 0.6 is 0 Å². The zero-order valence-electron chi connectivity index (χ0n) is 23.0. The molecule has 0 aromatic heterocycles. The highest BCUT2D eigenvalue weighted by molar-refractivity contribution is 7.92. The average Bonchev–Trinajstić information content (AvgIpc) is 3.39. The average molecular weight is 544 g/mol. The van der Waals surface area contributed by atoms with Crippen molar-refractivity contribution >= 4 is 27.5 Å². The first-order valence-electron chi connectivity index (χ1n) is 13.4. The number of nitrogens with one attached hydrogen (secondary N) is 1. The highest BCUT2D eigenvalue weighted by Gasteiger charge is 2.29. The number of rotatable bonds is 13. The molecule has 208 valence electrons. The lowest BCUT2D eigenvalue weighted by Gasteiger charge is -2.30. The number of hydrogen-bond donors (Lipinski definition) is 1. The number of nitrogens with zero attached hydrogens (tertiary/aromatic N) is 2. The topological polar surface area (TPSA) is 96.0 Å². The molecule has 2 aromatic carbocycles. The SMILES string of the molecule is CCOc1ccccc1N(CCCC(=O)N(Cc1ccc(C)cc1)C(C)C(=O)NC1CCCC1)S(C)(=O)=O. The Kier molecular flexibility index (Phi) is 10.6. The van der Waals surface area contributed by atoms with Crippen LogP contribution in [-0.2, 0) is 26.2 Å². The van der Waals surface area contributed by atoms with Gasteiger partial charge in [0.15, 0.2) is 0 Å². The summed E-state index contributed by atoms with van der Waals surface area (Å²) in [6.45, 7) is 6.44. The molecule has 2 amide bonds. The lowest BCUT2D eigenvalue weighted by atomic mass is 10.1. The highest BCUT2D eigenvalue weighted by Crippen LogP contribution is 2.30. The van der Waals surface area contributed by atoms with E-state index in [1.54, 1.807) is 36.1 Å². The molecule has 0 spiro atoms. The zero-order chi connectivity index (χ0) is 27.7. The summed E-state index contributed by atoms with van der Waals surface area (Å²) in [6.07, 6.45) is 5.70. The second-order valence-electron chi connectivity index (χ2n) is 10.0. The predicted octanol–water partition coefficient (Wildman–Crippen LogP) is 4.42. The first-order valence-corrected chi connectivity index (χ1v) is 15.3. The number of benzene rings is 2. The van der Waals surface area contributed by atoms with Crippen LogP contribution in [0.4, 0.5) is 5.69 Å². The highest BCUT2D eigenvalue weighted by atomic mass is 32.2. The number of para-hydroxylation sites is 2. The molecule has 2 aromatic rings. The maximum absolute atomic E-state index is 13.5. The number of hydrogen-bond acceptors (Lipinski definition) is 5. The van der Waals surface area contributed by atoms with E-state index in [9.17, 15) is 18.0 Å². The van der Waals surface area contributed by atoms with Crippen LogP contribution in [0, 0.1) is 6.92 Å². The summed E-state index contributed by atoms with van der Waals surface area (Å²) in [5.41, 5.74) is 2.50. The van der Waals surface area contributed by atoms with E-state index in [0.717, 1.165) is 43.1 Å². The van der Waals surface area contributed by atoms with E-state index < -0.39 is 16.1 Å². The minimum atomic E-state index is -3.61. The van der Waals surface area contributed by atoms with Crippen LogP contribution in [0.15, 0.2) is 48.5 Å². The van der Waals surface area contributed by atoms with Crippen LogP contribution < -0.4 is 14.4 Å². The number of aryl methyl sites for hydroxylation is 1. The Morgan fingerprint density at radius 3 is 2.37 bits per heavy atom. The molecule has 1 saturated carbocycles. The van der Waals surface area contributed by atoms with E-state index in [0.29, 0.717) is 31.0 Å². The third kappa shape index (κ3) is 8.21. The van der Waals surface area contributed by atoms with Crippen LogP contribution in [-0.4, -0.2) is 56.6 Å². The Bertz CT molecular complexity index is 1180. The van der Waals surface area contributed by atoms with Crippen molar-refractivity contribution in [3.05, 3.63) is 59.7 Å². The van der Waals surface area contributed by atoms with Crippen molar-refractivity contribution in [1.82, 2.24) is 10.2 Å². The van der Waals surface area contributed by atoms with E-state index >= 15 is 0 Å². The van der Waals surface area contributed by atoms with E-state index in [2.05, 4.69) is 5.32 Å². The molecular weight excluding hydrogens is 502 g/mol. The van der Waals surface area contributed by atoms with Crippen molar-refractivity contribution < 1.29 is 22.7 Å². The van der Waals surface area contributed by atoms with E-state index in [1.165, 1.54) is 4.31 Å². The Balaban J connectivity index is 1.73. The molecule has 0 heterocycles. The van der Waals surface area contributed by atoms with Crippen LogP contribution in [0.3, 0.4) is 0 Å². The molecule has 1 N–H and O–H groups in total. The summed E-state index contributed by atoms with van der Waals surface area (Å²) in [5, 5.41) is 3.11. The van der Waals surface area contributed by atoms with Crippen molar-refractivity contribution in [2.24, 2.45) is 0 Å². The molecule has 1 aliphatic rings. The monoisotopic (exact) mass is 543 g/mol. The Labute approximate surface area is 227 Å². The van der Waals surface area contributed by atoms with Gasteiger partial charge in [0.05, 0.1) is 18.6 Å². The van der Waals surface area contributed by atoms with Gasteiger partial charge in [-0.1, -0.05) is 54.8 Å². The van der Waals surface area contributed by atoms with Gasteiger partial charge in [0, 0.05) is 25.6 Å². The first kappa shape index (κ1) is 29.5. The number of sulfonamides is 1. The molecular formula is C29H41N3O5S. The van der Waals surface area contributed by atoms with Gasteiger partial charge in [-0.05, 0) is 57.7 Å². The van der Waals surface area contributed by atoms with Crippen molar-refractivity contribution in [2.45, 2.75) is 77.9 Å². The molecule has 38 heavy (non-hydrogen) atoms. The largest absolute Gasteiger partial charge is 0.492 e. The normalized spacial score (nSPS) is 14.6. The molecule has 0 saturated heterocycles. The van der Waals surface area contributed by atoms with Gasteiger partial charge >= 0.3 is 0 Å². The third-order valence-electron chi connectivity index (χ3n) is 6.93. The quantitative estimate of drug-likeness (QED) is 0.404. The Morgan fingerprint density at radius 2 is 1.74 bits per heavy atom. The van der Waals surface area contributed by atoms with Gasteiger partial charge < -0.3 is 15.0 Å². The van der Waals surface area contributed by atoms with Gasteiger partial charge in [-0.25, -0.2) is 8.42 Å². The second kappa shape index (κ2) is 13.6. The van der Waals surface area contributed by atoms with Crippen LogP contribution in [0.2, 0.25) is 0 Å². The molecule has 1 fully saturated rings. The molecule has 0 radical (unpaired) electrons. The van der Waals surface area contributed by atoms with Crippen molar-refractivity contribution in [2.75, 3.05) is 23.7 Å². The van der Waals surface area contributed by atoms with Gasteiger partial charge in [-0.2, -0.15) is 0 Å². The van der Waals surface area contributed by atoms with Crippen molar-refractivity contribution in [1.29, 1.82) is 0 Å². The summed E-state index contributed by atoms with van der Waals surface area (Å²) >= 11 is 0.